The van der Waals surface area contributed by atoms with Gasteiger partial charge in [-0.2, -0.15) is 0 Å². The minimum atomic E-state index is -0.697. The molecule has 0 fully saturated rings. The van der Waals surface area contributed by atoms with Gasteiger partial charge < -0.3 is 10.2 Å². The Labute approximate surface area is 238 Å². The minimum Gasteiger partial charge on any atom is -0.354 e. The van der Waals surface area contributed by atoms with Crippen LogP contribution in [0.1, 0.15) is 37.3 Å². The molecule has 0 saturated carbocycles. The van der Waals surface area contributed by atoms with E-state index >= 15 is 0 Å². The molecule has 0 aliphatic carbocycles. The SMILES string of the molecule is CCCNC(=O)[C@@H](Cc1ccccc1)N(Cc1c(Cl)cccc1Cl)C(=O)CCCSc1ccc(Cl)cc1. The van der Waals surface area contributed by atoms with Gasteiger partial charge in [0.15, 0.2) is 0 Å². The number of amides is 2. The summed E-state index contributed by atoms with van der Waals surface area (Å²) in [5, 5.41) is 4.61. The summed E-state index contributed by atoms with van der Waals surface area (Å²) in [6.45, 7) is 2.69. The van der Waals surface area contributed by atoms with Crippen molar-refractivity contribution in [2.45, 2.75) is 50.1 Å². The van der Waals surface area contributed by atoms with E-state index in [2.05, 4.69) is 5.32 Å². The Morgan fingerprint density at radius 2 is 1.59 bits per heavy atom. The first-order valence-electron chi connectivity index (χ1n) is 12.3. The van der Waals surface area contributed by atoms with E-state index in [9.17, 15) is 9.59 Å². The van der Waals surface area contributed by atoms with Gasteiger partial charge in [0.2, 0.25) is 11.8 Å². The fourth-order valence-electron chi connectivity index (χ4n) is 3.86. The van der Waals surface area contributed by atoms with Gasteiger partial charge in [0.05, 0.1) is 0 Å². The molecule has 0 aliphatic rings. The molecule has 0 aliphatic heterocycles. The maximum atomic E-state index is 13.7. The Morgan fingerprint density at radius 3 is 2.24 bits per heavy atom. The van der Waals surface area contributed by atoms with Gasteiger partial charge in [0, 0.05) is 51.5 Å². The average molecular weight is 578 g/mol. The molecule has 0 aromatic heterocycles. The molecule has 0 heterocycles. The zero-order valence-electron chi connectivity index (χ0n) is 20.8. The van der Waals surface area contributed by atoms with Crippen molar-refractivity contribution in [3.05, 3.63) is 99.0 Å². The van der Waals surface area contributed by atoms with E-state index in [1.165, 1.54) is 0 Å². The third-order valence-electron chi connectivity index (χ3n) is 5.83. The summed E-state index contributed by atoms with van der Waals surface area (Å²) in [7, 11) is 0. The summed E-state index contributed by atoms with van der Waals surface area (Å²) < 4.78 is 0. The summed E-state index contributed by atoms with van der Waals surface area (Å²) >= 11 is 20.6. The van der Waals surface area contributed by atoms with Crippen LogP contribution in [0.15, 0.2) is 77.7 Å². The first-order valence-corrected chi connectivity index (χ1v) is 14.4. The number of hydrogen-bond acceptors (Lipinski definition) is 3. The Morgan fingerprint density at radius 1 is 0.919 bits per heavy atom. The lowest BCUT2D eigenvalue weighted by molar-refractivity contribution is -0.141. The van der Waals surface area contributed by atoms with E-state index in [-0.39, 0.29) is 18.4 Å². The van der Waals surface area contributed by atoms with Crippen LogP contribution in [0.25, 0.3) is 0 Å². The Kier molecular flexibility index (Phi) is 12.1. The molecule has 3 aromatic rings. The molecule has 2 amide bonds. The number of nitrogens with zero attached hydrogens (tertiary/aromatic N) is 1. The monoisotopic (exact) mass is 576 g/mol. The highest BCUT2D eigenvalue weighted by atomic mass is 35.5. The summed E-state index contributed by atoms with van der Waals surface area (Å²) in [6, 6.07) is 21.9. The van der Waals surface area contributed by atoms with E-state index in [1.54, 1.807) is 34.9 Å². The lowest BCUT2D eigenvalue weighted by Gasteiger charge is -2.32. The molecule has 8 heteroatoms. The van der Waals surface area contributed by atoms with Crippen LogP contribution >= 0.6 is 46.6 Å². The molecule has 4 nitrogen and oxygen atoms in total. The largest absolute Gasteiger partial charge is 0.354 e. The predicted molar refractivity (Wildman–Crippen MR) is 156 cm³/mol. The minimum absolute atomic E-state index is 0.111. The van der Waals surface area contributed by atoms with Gasteiger partial charge in [0.1, 0.15) is 6.04 Å². The number of benzene rings is 3. The van der Waals surface area contributed by atoms with Crippen LogP contribution in [-0.4, -0.2) is 35.1 Å². The van der Waals surface area contributed by atoms with Crippen LogP contribution in [-0.2, 0) is 22.6 Å². The van der Waals surface area contributed by atoms with E-state index < -0.39 is 6.04 Å². The fraction of sp³-hybridized carbons (Fsp3) is 0.310. The lowest BCUT2D eigenvalue weighted by Crippen LogP contribution is -2.50. The van der Waals surface area contributed by atoms with Gasteiger partial charge >= 0.3 is 0 Å². The van der Waals surface area contributed by atoms with E-state index in [1.807, 2.05) is 61.5 Å². The third kappa shape index (κ3) is 9.26. The Balaban J connectivity index is 1.82. The number of rotatable bonds is 13. The van der Waals surface area contributed by atoms with Crippen molar-refractivity contribution in [3.63, 3.8) is 0 Å². The van der Waals surface area contributed by atoms with Crippen molar-refractivity contribution in [2.75, 3.05) is 12.3 Å². The molecule has 3 aromatic carbocycles. The molecule has 0 spiro atoms. The van der Waals surface area contributed by atoms with Gasteiger partial charge in [-0.25, -0.2) is 0 Å². The highest BCUT2D eigenvalue weighted by molar-refractivity contribution is 7.99. The summed E-state index contributed by atoms with van der Waals surface area (Å²) in [5.41, 5.74) is 1.61. The van der Waals surface area contributed by atoms with Crippen LogP contribution < -0.4 is 5.32 Å². The first-order chi connectivity index (χ1) is 17.9. The number of halogens is 3. The second-order valence-corrected chi connectivity index (χ2v) is 11.0. The summed E-state index contributed by atoms with van der Waals surface area (Å²) in [6.07, 6.45) is 2.16. The van der Waals surface area contributed by atoms with Crippen LogP contribution in [0, 0.1) is 0 Å². The standard InChI is InChI=1S/C29H31Cl3N2O2S/c1-2-17-33-29(36)27(19-21-8-4-3-5-9-21)34(20-24-25(31)10-6-11-26(24)32)28(35)12-7-18-37-23-15-13-22(30)14-16-23/h3-6,8-11,13-16,27H,2,7,12,17-20H2,1H3,(H,33,36)/t27-/m1/s1. The van der Waals surface area contributed by atoms with Crippen LogP contribution in [0.5, 0.6) is 0 Å². The number of nitrogens with one attached hydrogen (secondary N) is 1. The number of carbonyl (C=O) groups is 2. The topological polar surface area (TPSA) is 49.4 Å². The Bertz CT molecular complexity index is 1140. The van der Waals surface area contributed by atoms with Crippen molar-refractivity contribution in [1.29, 1.82) is 0 Å². The van der Waals surface area contributed by atoms with E-state index in [0.717, 1.165) is 22.6 Å². The van der Waals surface area contributed by atoms with Crippen LogP contribution in [0.2, 0.25) is 15.1 Å². The quantitative estimate of drug-likeness (QED) is 0.167. The van der Waals surface area contributed by atoms with Crippen molar-refractivity contribution in [3.8, 4) is 0 Å². The fourth-order valence-corrected chi connectivity index (χ4v) is 5.36. The Hall–Kier alpha value is -2.18. The maximum absolute atomic E-state index is 13.7. The molecule has 0 unspecified atom stereocenters. The van der Waals surface area contributed by atoms with Gasteiger partial charge in [0.25, 0.3) is 0 Å². The molecule has 37 heavy (non-hydrogen) atoms. The van der Waals surface area contributed by atoms with E-state index in [0.29, 0.717) is 46.4 Å². The van der Waals surface area contributed by atoms with Crippen molar-refractivity contribution < 1.29 is 9.59 Å². The summed E-state index contributed by atoms with van der Waals surface area (Å²) in [4.78, 5) is 29.8. The number of carbonyl (C=O) groups excluding carboxylic acids is 2. The average Bonchev–Trinajstić information content (AvgIpc) is 2.90. The van der Waals surface area contributed by atoms with Gasteiger partial charge in [-0.05, 0) is 60.6 Å². The van der Waals surface area contributed by atoms with Gasteiger partial charge in [-0.1, -0.05) is 78.1 Å². The molecule has 1 N–H and O–H groups in total. The van der Waals surface area contributed by atoms with Crippen LogP contribution in [0.3, 0.4) is 0 Å². The van der Waals surface area contributed by atoms with E-state index in [4.69, 9.17) is 34.8 Å². The molecule has 0 radical (unpaired) electrons. The maximum Gasteiger partial charge on any atom is 0.243 e. The zero-order chi connectivity index (χ0) is 26.6. The number of thioether (sulfide) groups is 1. The van der Waals surface area contributed by atoms with Crippen molar-refractivity contribution >= 4 is 58.4 Å². The molecule has 196 valence electrons. The van der Waals surface area contributed by atoms with Gasteiger partial charge in [-0.3, -0.25) is 9.59 Å². The molecule has 3 rings (SSSR count). The molecular formula is C29H31Cl3N2O2S. The van der Waals surface area contributed by atoms with Gasteiger partial charge in [-0.15, -0.1) is 11.8 Å². The van der Waals surface area contributed by atoms with Crippen molar-refractivity contribution in [2.24, 2.45) is 0 Å². The third-order valence-corrected chi connectivity index (χ3v) is 7.89. The molecule has 0 bridgehead atoms. The predicted octanol–water partition coefficient (Wildman–Crippen LogP) is 7.69. The summed E-state index contributed by atoms with van der Waals surface area (Å²) in [5.74, 6) is 0.470. The smallest absolute Gasteiger partial charge is 0.243 e. The molecule has 0 saturated heterocycles. The normalized spacial score (nSPS) is 11.7. The molecule has 1 atom stereocenters. The highest BCUT2D eigenvalue weighted by Gasteiger charge is 2.31. The first kappa shape index (κ1) is 29.4. The van der Waals surface area contributed by atoms with Crippen LogP contribution in [0.4, 0.5) is 0 Å². The van der Waals surface area contributed by atoms with Crippen molar-refractivity contribution in [1.82, 2.24) is 10.2 Å². The lowest BCUT2D eigenvalue weighted by atomic mass is 10.0. The zero-order valence-corrected chi connectivity index (χ0v) is 23.8. The second kappa shape index (κ2) is 15.3. The highest BCUT2D eigenvalue weighted by Crippen LogP contribution is 2.28. The molecular weight excluding hydrogens is 547 g/mol. The second-order valence-electron chi connectivity index (χ2n) is 8.62. The number of hydrogen-bond donors (Lipinski definition) is 1.